The quantitative estimate of drug-likeness (QED) is 0.806. The van der Waals surface area contributed by atoms with Crippen LogP contribution in [0.15, 0.2) is 46.6 Å². The maximum Gasteiger partial charge on any atom is 0.200 e. The van der Waals surface area contributed by atoms with E-state index in [2.05, 4.69) is 10.2 Å². The van der Waals surface area contributed by atoms with E-state index >= 15 is 0 Å². The van der Waals surface area contributed by atoms with Gasteiger partial charge >= 0.3 is 0 Å². The first-order valence-corrected chi connectivity index (χ1v) is 7.33. The van der Waals surface area contributed by atoms with E-state index in [1.54, 1.807) is 19.9 Å². The molecule has 0 aliphatic rings. The van der Waals surface area contributed by atoms with Crippen LogP contribution in [-0.2, 0) is 0 Å². The molecule has 1 aromatic carbocycles. The fourth-order valence-corrected chi connectivity index (χ4v) is 3.19. The molecule has 21 heavy (non-hydrogen) atoms. The first kappa shape index (κ1) is 14.0. The van der Waals surface area contributed by atoms with Gasteiger partial charge in [0, 0.05) is 11.1 Å². The number of pyridine rings is 1. The lowest BCUT2D eigenvalue weighted by Gasteiger charge is -2.12. The fourth-order valence-electron chi connectivity index (χ4n) is 2.07. The van der Waals surface area contributed by atoms with Gasteiger partial charge in [-0.1, -0.05) is 6.07 Å². The molecule has 0 radical (unpaired) electrons. The Morgan fingerprint density at radius 2 is 2.10 bits per heavy atom. The summed E-state index contributed by atoms with van der Waals surface area (Å²) in [7, 11) is 0. The summed E-state index contributed by atoms with van der Waals surface area (Å²) in [5.41, 5.74) is 1.84. The van der Waals surface area contributed by atoms with Gasteiger partial charge in [-0.05, 0) is 61.0 Å². The van der Waals surface area contributed by atoms with Gasteiger partial charge in [0.2, 0.25) is 0 Å². The van der Waals surface area contributed by atoms with Gasteiger partial charge in [-0.3, -0.25) is 4.40 Å². The molecule has 0 fully saturated rings. The number of aliphatic hydroxyl groups is 1. The average Bonchev–Trinajstić information content (AvgIpc) is 2.86. The van der Waals surface area contributed by atoms with Gasteiger partial charge in [0.05, 0.1) is 6.10 Å². The summed E-state index contributed by atoms with van der Waals surface area (Å²) in [6.45, 7) is 3.32. The van der Waals surface area contributed by atoms with Crippen molar-refractivity contribution in [3.63, 3.8) is 0 Å². The lowest BCUT2D eigenvalue weighted by atomic mass is 10.1. The number of aliphatic hydroxyl groups excluding tert-OH is 1. The summed E-state index contributed by atoms with van der Waals surface area (Å²) < 4.78 is 15.6. The number of aryl methyl sites for hydroxylation is 1. The third-order valence-corrected chi connectivity index (χ3v) is 4.26. The standard InChI is InChI=1S/C15H14FN3OS/c1-9-7-13(11(10(2)20)8-12(9)16)21-15-18-17-14-5-3-4-6-19(14)15/h3-8,10,20H,1-2H3/t10-/m1/s1. The summed E-state index contributed by atoms with van der Waals surface area (Å²) in [5, 5.41) is 18.7. The number of hydrogen-bond acceptors (Lipinski definition) is 4. The molecule has 3 rings (SSSR count). The molecule has 3 aromatic rings. The van der Waals surface area contributed by atoms with Crippen LogP contribution in [0.3, 0.4) is 0 Å². The Balaban J connectivity index is 2.07. The van der Waals surface area contributed by atoms with Gasteiger partial charge in [0.1, 0.15) is 5.82 Å². The Labute approximate surface area is 125 Å². The SMILES string of the molecule is Cc1cc(Sc2nnc3ccccn23)c([C@@H](C)O)cc1F. The number of rotatable bonds is 3. The molecule has 0 saturated heterocycles. The molecule has 1 atom stereocenters. The van der Waals surface area contributed by atoms with E-state index in [0.717, 1.165) is 10.5 Å². The summed E-state index contributed by atoms with van der Waals surface area (Å²) in [6.07, 6.45) is 1.12. The number of halogens is 1. The van der Waals surface area contributed by atoms with Crippen molar-refractivity contribution in [3.8, 4) is 0 Å². The van der Waals surface area contributed by atoms with E-state index in [1.807, 2.05) is 28.8 Å². The van der Waals surface area contributed by atoms with E-state index in [4.69, 9.17) is 0 Å². The van der Waals surface area contributed by atoms with Crippen molar-refractivity contribution in [1.82, 2.24) is 14.6 Å². The van der Waals surface area contributed by atoms with Gasteiger partial charge in [-0.2, -0.15) is 0 Å². The molecule has 108 valence electrons. The number of hydrogen-bond donors (Lipinski definition) is 1. The average molecular weight is 303 g/mol. The van der Waals surface area contributed by atoms with Crippen LogP contribution >= 0.6 is 11.8 Å². The van der Waals surface area contributed by atoms with E-state index < -0.39 is 6.10 Å². The van der Waals surface area contributed by atoms with Crippen LogP contribution in [-0.4, -0.2) is 19.7 Å². The third kappa shape index (κ3) is 2.64. The van der Waals surface area contributed by atoms with E-state index in [-0.39, 0.29) is 5.82 Å². The Morgan fingerprint density at radius 1 is 1.29 bits per heavy atom. The lowest BCUT2D eigenvalue weighted by molar-refractivity contribution is 0.196. The van der Waals surface area contributed by atoms with Gasteiger partial charge in [0.15, 0.2) is 10.8 Å². The first-order chi connectivity index (χ1) is 10.1. The Morgan fingerprint density at radius 3 is 2.86 bits per heavy atom. The smallest absolute Gasteiger partial charge is 0.200 e. The minimum Gasteiger partial charge on any atom is -0.389 e. The Bertz CT molecular complexity index is 801. The van der Waals surface area contributed by atoms with Gasteiger partial charge in [0.25, 0.3) is 0 Å². The molecule has 0 saturated carbocycles. The Hall–Kier alpha value is -1.92. The maximum absolute atomic E-state index is 13.7. The Kier molecular flexibility index (Phi) is 3.65. The number of fused-ring (bicyclic) bond motifs is 1. The number of benzene rings is 1. The molecule has 0 amide bonds. The summed E-state index contributed by atoms with van der Waals surface area (Å²) in [4.78, 5) is 0.780. The normalized spacial score (nSPS) is 12.8. The number of aromatic nitrogens is 3. The maximum atomic E-state index is 13.7. The van der Waals surface area contributed by atoms with Gasteiger partial charge in [-0.15, -0.1) is 10.2 Å². The van der Waals surface area contributed by atoms with Crippen LogP contribution < -0.4 is 0 Å². The monoisotopic (exact) mass is 303 g/mol. The van der Waals surface area contributed by atoms with Crippen LogP contribution in [0, 0.1) is 12.7 Å². The van der Waals surface area contributed by atoms with Crippen LogP contribution in [0.2, 0.25) is 0 Å². The van der Waals surface area contributed by atoms with Gasteiger partial charge < -0.3 is 5.11 Å². The molecular weight excluding hydrogens is 289 g/mol. The summed E-state index contributed by atoms with van der Waals surface area (Å²) in [6, 6.07) is 8.76. The highest BCUT2D eigenvalue weighted by Crippen LogP contribution is 2.34. The van der Waals surface area contributed by atoms with E-state index in [1.165, 1.54) is 17.8 Å². The number of nitrogens with zero attached hydrogens (tertiary/aromatic N) is 3. The first-order valence-electron chi connectivity index (χ1n) is 6.52. The van der Waals surface area contributed by atoms with Crippen molar-refractivity contribution in [3.05, 3.63) is 53.5 Å². The predicted molar refractivity (Wildman–Crippen MR) is 78.9 cm³/mol. The minimum atomic E-state index is -0.748. The van der Waals surface area contributed by atoms with Crippen molar-refractivity contribution in [1.29, 1.82) is 0 Å². The lowest BCUT2D eigenvalue weighted by Crippen LogP contribution is -1.98. The molecular formula is C15H14FN3OS. The molecule has 6 heteroatoms. The van der Waals surface area contributed by atoms with Gasteiger partial charge in [-0.25, -0.2) is 4.39 Å². The largest absolute Gasteiger partial charge is 0.389 e. The fraction of sp³-hybridized carbons (Fsp3) is 0.200. The van der Waals surface area contributed by atoms with Crippen LogP contribution in [0.5, 0.6) is 0 Å². The highest BCUT2D eigenvalue weighted by molar-refractivity contribution is 7.99. The molecule has 1 N–H and O–H groups in total. The minimum absolute atomic E-state index is 0.318. The van der Waals surface area contributed by atoms with Crippen molar-refractivity contribution in [2.75, 3.05) is 0 Å². The van der Waals surface area contributed by atoms with Crippen molar-refractivity contribution >= 4 is 17.4 Å². The highest BCUT2D eigenvalue weighted by atomic mass is 32.2. The van der Waals surface area contributed by atoms with Crippen molar-refractivity contribution in [2.24, 2.45) is 0 Å². The predicted octanol–water partition coefficient (Wildman–Crippen LogP) is 3.38. The molecule has 0 unspecified atom stereocenters. The van der Waals surface area contributed by atoms with Crippen LogP contribution in [0.25, 0.3) is 5.65 Å². The third-order valence-electron chi connectivity index (χ3n) is 3.22. The highest BCUT2D eigenvalue weighted by Gasteiger charge is 2.15. The second-order valence-electron chi connectivity index (χ2n) is 4.83. The van der Waals surface area contributed by atoms with Crippen LogP contribution in [0.4, 0.5) is 4.39 Å². The second kappa shape index (κ2) is 5.46. The summed E-state index contributed by atoms with van der Waals surface area (Å²) in [5.74, 6) is -0.318. The zero-order valence-corrected chi connectivity index (χ0v) is 12.4. The van der Waals surface area contributed by atoms with Crippen molar-refractivity contribution in [2.45, 2.75) is 30.0 Å². The van der Waals surface area contributed by atoms with Crippen LogP contribution in [0.1, 0.15) is 24.2 Å². The molecule has 4 nitrogen and oxygen atoms in total. The van der Waals surface area contributed by atoms with Crippen molar-refractivity contribution < 1.29 is 9.50 Å². The topological polar surface area (TPSA) is 50.4 Å². The molecule has 0 aliphatic heterocycles. The van der Waals surface area contributed by atoms with E-state index in [0.29, 0.717) is 16.3 Å². The molecule has 0 spiro atoms. The molecule has 2 aromatic heterocycles. The summed E-state index contributed by atoms with van der Waals surface area (Å²) >= 11 is 1.36. The molecule has 0 bridgehead atoms. The zero-order chi connectivity index (χ0) is 15.0. The molecule has 0 aliphatic carbocycles. The zero-order valence-electron chi connectivity index (χ0n) is 11.6. The van der Waals surface area contributed by atoms with E-state index in [9.17, 15) is 9.50 Å². The second-order valence-corrected chi connectivity index (χ2v) is 5.84. The molecule has 2 heterocycles.